The fourth-order valence-corrected chi connectivity index (χ4v) is 2.16. The first-order chi connectivity index (χ1) is 9.19. The molecule has 0 saturated carbocycles. The van der Waals surface area contributed by atoms with Gasteiger partial charge in [-0.25, -0.2) is 4.39 Å². The van der Waals surface area contributed by atoms with Crippen molar-refractivity contribution in [2.75, 3.05) is 0 Å². The second-order valence-electron chi connectivity index (χ2n) is 4.63. The van der Waals surface area contributed by atoms with Crippen molar-refractivity contribution in [1.82, 2.24) is 5.32 Å². The van der Waals surface area contributed by atoms with E-state index in [1.165, 1.54) is 11.6 Å². The smallest absolute Gasteiger partial charge is 0.123 e. The Morgan fingerprint density at radius 3 is 2.63 bits per heavy atom. The molecule has 0 saturated heterocycles. The summed E-state index contributed by atoms with van der Waals surface area (Å²) in [5, 5.41) is 3.33. The van der Waals surface area contributed by atoms with Gasteiger partial charge in [-0.2, -0.15) is 0 Å². The molecule has 2 rings (SSSR count). The molecule has 0 spiro atoms. The number of benzene rings is 2. The van der Waals surface area contributed by atoms with Gasteiger partial charge < -0.3 is 5.32 Å². The van der Waals surface area contributed by atoms with Crippen molar-refractivity contribution in [3.05, 3.63) is 70.5 Å². The van der Waals surface area contributed by atoms with E-state index in [2.05, 4.69) is 17.4 Å². The summed E-state index contributed by atoms with van der Waals surface area (Å²) in [5.74, 6) is 0.336. The van der Waals surface area contributed by atoms with Gasteiger partial charge in [0.05, 0.1) is 0 Å². The van der Waals surface area contributed by atoms with Crippen LogP contribution in [0.4, 0.5) is 4.39 Å². The van der Waals surface area contributed by atoms with Crippen LogP contribution in [-0.4, -0.2) is 0 Å². The van der Waals surface area contributed by atoms with Crippen molar-refractivity contribution in [3.63, 3.8) is 0 Å². The average Bonchev–Trinajstić information content (AvgIpc) is 2.43. The van der Waals surface area contributed by atoms with Crippen LogP contribution >= 0.6 is 11.6 Å². The van der Waals surface area contributed by atoms with Crippen LogP contribution in [-0.2, 0) is 19.0 Å². The SMILES string of the molecule is Cc1ccc(F)cc1CNCc1cccc(CCl)c1. The summed E-state index contributed by atoms with van der Waals surface area (Å²) in [5.41, 5.74) is 4.40. The van der Waals surface area contributed by atoms with Crippen molar-refractivity contribution in [3.8, 4) is 0 Å². The summed E-state index contributed by atoms with van der Waals surface area (Å²) in [6.45, 7) is 3.40. The highest BCUT2D eigenvalue weighted by molar-refractivity contribution is 6.17. The van der Waals surface area contributed by atoms with Crippen molar-refractivity contribution in [2.45, 2.75) is 25.9 Å². The van der Waals surface area contributed by atoms with Crippen molar-refractivity contribution in [2.24, 2.45) is 0 Å². The summed E-state index contributed by atoms with van der Waals surface area (Å²) in [6.07, 6.45) is 0. The molecule has 0 aromatic heterocycles. The summed E-state index contributed by atoms with van der Waals surface area (Å²) in [6, 6.07) is 13.0. The van der Waals surface area contributed by atoms with Gasteiger partial charge in [-0.15, -0.1) is 11.6 Å². The lowest BCUT2D eigenvalue weighted by Gasteiger charge is -2.09. The van der Waals surface area contributed by atoms with Crippen LogP contribution < -0.4 is 5.32 Å². The molecule has 2 aromatic rings. The van der Waals surface area contributed by atoms with Gasteiger partial charge in [0.25, 0.3) is 0 Å². The van der Waals surface area contributed by atoms with Gasteiger partial charge in [-0.3, -0.25) is 0 Å². The Labute approximate surface area is 118 Å². The van der Waals surface area contributed by atoms with Crippen LogP contribution in [0.15, 0.2) is 42.5 Å². The third-order valence-corrected chi connectivity index (χ3v) is 3.41. The van der Waals surface area contributed by atoms with Crippen molar-refractivity contribution >= 4 is 11.6 Å². The Morgan fingerprint density at radius 2 is 1.84 bits per heavy atom. The highest BCUT2D eigenvalue weighted by Gasteiger charge is 2.01. The fourth-order valence-electron chi connectivity index (χ4n) is 1.99. The molecule has 3 heteroatoms. The molecule has 0 atom stereocenters. The maximum atomic E-state index is 13.2. The number of halogens is 2. The van der Waals surface area contributed by atoms with Gasteiger partial charge in [0.2, 0.25) is 0 Å². The maximum Gasteiger partial charge on any atom is 0.123 e. The highest BCUT2D eigenvalue weighted by atomic mass is 35.5. The number of aryl methyl sites for hydroxylation is 1. The van der Waals surface area contributed by atoms with Gasteiger partial charge in [-0.1, -0.05) is 30.3 Å². The predicted molar refractivity (Wildman–Crippen MR) is 77.7 cm³/mol. The van der Waals surface area contributed by atoms with E-state index in [0.29, 0.717) is 12.4 Å². The Kier molecular flexibility index (Phi) is 4.94. The van der Waals surface area contributed by atoms with Crippen molar-refractivity contribution in [1.29, 1.82) is 0 Å². The maximum absolute atomic E-state index is 13.2. The van der Waals surface area contributed by atoms with Gasteiger partial charge >= 0.3 is 0 Å². The van der Waals surface area contributed by atoms with Crippen LogP contribution in [0.1, 0.15) is 22.3 Å². The number of nitrogens with one attached hydrogen (secondary N) is 1. The molecule has 0 aliphatic heterocycles. The van der Waals surface area contributed by atoms with Gasteiger partial charge in [0, 0.05) is 19.0 Å². The molecule has 0 bridgehead atoms. The van der Waals surface area contributed by atoms with Crippen LogP contribution in [0.25, 0.3) is 0 Å². The summed E-state index contributed by atoms with van der Waals surface area (Å²) >= 11 is 5.80. The molecule has 0 aliphatic carbocycles. The second kappa shape index (κ2) is 6.69. The first-order valence-electron chi connectivity index (χ1n) is 6.28. The monoisotopic (exact) mass is 277 g/mol. The van der Waals surface area contributed by atoms with Crippen molar-refractivity contribution < 1.29 is 4.39 Å². The lowest BCUT2D eigenvalue weighted by Crippen LogP contribution is -2.13. The topological polar surface area (TPSA) is 12.0 Å². The van der Waals surface area contributed by atoms with E-state index >= 15 is 0 Å². The Bertz CT molecular complexity index is 554. The van der Waals surface area contributed by atoms with E-state index < -0.39 is 0 Å². The Morgan fingerprint density at radius 1 is 1.05 bits per heavy atom. The predicted octanol–water partition coefficient (Wildman–Crippen LogP) is 4.16. The molecule has 100 valence electrons. The molecule has 0 amide bonds. The largest absolute Gasteiger partial charge is 0.309 e. The summed E-state index contributed by atoms with van der Waals surface area (Å²) < 4.78 is 13.2. The lowest BCUT2D eigenvalue weighted by molar-refractivity contribution is 0.619. The van der Waals surface area contributed by atoms with Crippen LogP contribution in [0, 0.1) is 12.7 Å². The van der Waals surface area contributed by atoms with Crippen LogP contribution in [0.3, 0.4) is 0 Å². The van der Waals surface area contributed by atoms with E-state index in [1.54, 1.807) is 12.1 Å². The second-order valence-corrected chi connectivity index (χ2v) is 4.90. The summed E-state index contributed by atoms with van der Waals surface area (Å²) in [7, 11) is 0. The lowest BCUT2D eigenvalue weighted by atomic mass is 10.1. The van der Waals surface area contributed by atoms with Crippen LogP contribution in [0.5, 0.6) is 0 Å². The molecular weight excluding hydrogens is 261 g/mol. The Balaban J connectivity index is 1.94. The number of hydrogen-bond donors (Lipinski definition) is 1. The van der Waals surface area contributed by atoms with E-state index in [-0.39, 0.29) is 5.82 Å². The zero-order chi connectivity index (χ0) is 13.7. The van der Waals surface area contributed by atoms with E-state index in [0.717, 1.165) is 23.2 Å². The molecule has 0 heterocycles. The first kappa shape index (κ1) is 14.0. The quantitative estimate of drug-likeness (QED) is 0.809. The van der Waals surface area contributed by atoms with E-state index in [1.807, 2.05) is 19.1 Å². The minimum absolute atomic E-state index is 0.188. The molecule has 0 fully saturated rings. The zero-order valence-electron chi connectivity index (χ0n) is 10.9. The number of hydrogen-bond acceptors (Lipinski definition) is 1. The molecule has 0 unspecified atom stereocenters. The van der Waals surface area contributed by atoms with Gasteiger partial charge in [-0.05, 0) is 41.3 Å². The summed E-state index contributed by atoms with van der Waals surface area (Å²) in [4.78, 5) is 0. The average molecular weight is 278 g/mol. The molecule has 0 aliphatic rings. The zero-order valence-corrected chi connectivity index (χ0v) is 11.7. The normalized spacial score (nSPS) is 10.7. The third-order valence-electron chi connectivity index (χ3n) is 3.10. The van der Waals surface area contributed by atoms with E-state index in [4.69, 9.17) is 11.6 Å². The van der Waals surface area contributed by atoms with E-state index in [9.17, 15) is 4.39 Å². The minimum Gasteiger partial charge on any atom is -0.309 e. The Hall–Kier alpha value is -1.38. The molecule has 1 nitrogen and oxygen atoms in total. The van der Waals surface area contributed by atoms with Gasteiger partial charge in [0.15, 0.2) is 0 Å². The van der Waals surface area contributed by atoms with Gasteiger partial charge in [0.1, 0.15) is 5.82 Å². The first-order valence-corrected chi connectivity index (χ1v) is 6.82. The molecule has 0 radical (unpaired) electrons. The highest BCUT2D eigenvalue weighted by Crippen LogP contribution is 2.11. The standard InChI is InChI=1S/C16H17ClFN/c1-12-5-6-16(18)8-15(12)11-19-10-14-4-2-3-13(7-14)9-17/h2-8,19H,9-11H2,1H3. The number of rotatable bonds is 5. The number of alkyl halides is 1. The molecule has 2 aromatic carbocycles. The molecule has 1 N–H and O–H groups in total. The fraction of sp³-hybridized carbons (Fsp3) is 0.250. The minimum atomic E-state index is -0.188. The van der Waals surface area contributed by atoms with Crippen LogP contribution in [0.2, 0.25) is 0 Å². The third kappa shape index (κ3) is 4.05. The molecular formula is C16H17ClFN. The molecule has 19 heavy (non-hydrogen) atoms.